The molecule has 43 heavy (non-hydrogen) atoms. The Balaban J connectivity index is 0.00000423. The van der Waals surface area contributed by atoms with E-state index in [1.54, 1.807) is 55.9 Å². The number of piperazine rings is 1. The van der Waals surface area contributed by atoms with E-state index in [1.165, 1.54) is 25.3 Å². The first kappa shape index (κ1) is 32.1. The number of ether oxygens (including phenoxy) is 3. The van der Waals surface area contributed by atoms with Crippen molar-refractivity contribution in [3.8, 4) is 17.2 Å². The minimum Gasteiger partial charge on any atom is -0.497 e. The first-order valence-electron chi connectivity index (χ1n) is 13.4. The highest BCUT2D eigenvalue weighted by Gasteiger charge is 2.22. The van der Waals surface area contributed by atoms with Crippen molar-refractivity contribution in [1.82, 2.24) is 15.2 Å². The van der Waals surface area contributed by atoms with Crippen LogP contribution in [0.1, 0.15) is 10.4 Å². The predicted octanol–water partition coefficient (Wildman–Crippen LogP) is 4.10. The highest BCUT2D eigenvalue weighted by molar-refractivity contribution is 7.92. The van der Waals surface area contributed by atoms with E-state index in [9.17, 15) is 13.2 Å². The lowest BCUT2D eigenvalue weighted by Gasteiger charge is -2.34. The average Bonchev–Trinajstić information content (AvgIpc) is 3.45. The molecule has 0 unspecified atom stereocenters. The maximum Gasteiger partial charge on any atom is 0.261 e. The average molecular weight is 648 g/mol. The van der Waals surface area contributed by atoms with Crippen LogP contribution in [-0.2, 0) is 10.0 Å². The van der Waals surface area contributed by atoms with Crippen LogP contribution < -0.4 is 29.1 Å². The normalized spacial score (nSPS) is 13.7. The highest BCUT2D eigenvalue weighted by atomic mass is 35.5. The van der Waals surface area contributed by atoms with Crippen molar-refractivity contribution in [2.24, 2.45) is 0 Å². The second-order valence-electron chi connectivity index (χ2n) is 9.59. The van der Waals surface area contributed by atoms with Crippen molar-refractivity contribution >= 4 is 60.7 Å². The number of carbonyl (C=O) groups excluding carboxylic acids is 1. The summed E-state index contributed by atoms with van der Waals surface area (Å²) < 4.78 is 45.1. The molecule has 0 spiro atoms. The van der Waals surface area contributed by atoms with Crippen LogP contribution in [0.15, 0.2) is 65.6 Å². The zero-order valence-corrected chi connectivity index (χ0v) is 26.5. The van der Waals surface area contributed by atoms with Gasteiger partial charge in [0.25, 0.3) is 15.9 Å². The molecule has 0 saturated carbocycles. The maximum atomic E-state index is 12.8. The second-order valence-corrected chi connectivity index (χ2v) is 12.3. The van der Waals surface area contributed by atoms with E-state index in [1.807, 2.05) is 12.1 Å². The quantitative estimate of drug-likeness (QED) is 0.248. The van der Waals surface area contributed by atoms with E-state index >= 15 is 0 Å². The number of hydrogen-bond acceptors (Lipinski definition) is 10. The number of nitrogens with zero attached hydrogens (tertiary/aromatic N) is 3. The monoisotopic (exact) mass is 647 g/mol. The van der Waals surface area contributed by atoms with Crippen molar-refractivity contribution in [3.63, 3.8) is 0 Å². The van der Waals surface area contributed by atoms with Crippen molar-refractivity contribution in [2.75, 3.05) is 70.2 Å². The molecule has 3 aromatic carbocycles. The van der Waals surface area contributed by atoms with Gasteiger partial charge in [0, 0.05) is 50.5 Å². The Kier molecular flexibility index (Phi) is 10.6. The van der Waals surface area contributed by atoms with Crippen molar-refractivity contribution in [1.29, 1.82) is 0 Å². The van der Waals surface area contributed by atoms with Crippen LogP contribution in [0, 0.1) is 0 Å². The first-order chi connectivity index (χ1) is 20.3. The van der Waals surface area contributed by atoms with Crippen LogP contribution in [0.5, 0.6) is 17.2 Å². The van der Waals surface area contributed by atoms with Crippen molar-refractivity contribution in [3.05, 3.63) is 66.2 Å². The summed E-state index contributed by atoms with van der Waals surface area (Å²) in [5.74, 6) is 1.60. The van der Waals surface area contributed by atoms with E-state index < -0.39 is 10.0 Å². The number of benzene rings is 3. The van der Waals surface area contributed by atoms with Gasteiger partial charge in [-0.2, -0.15) is 0 Å². The zero-order chi connectivity index (χ0) is 29.7. The van der Waals surface area contributed by atoms with Crippen LogP contribution in [0.25, 0.3) is 10.2 Å². The number of anilines is 2. The number of sulfonamides is 1. The largest absolute Gasteiger partial charge is 0.497 e. The number of halogens is 1. The van der Waals surface area contributed by atoms with Gasteiger partial charge < -0.3 is 24.4 Å². The Morgan fingerprint density at radius 1 is 0.953 bits per heavy atom. The highest BCUT2D eigenvalue weighted by Crippen LogP contribution is 2.40. The molecular weight excluding hydrogens is 614 g/mol. The molecule has 0 radical (unpaired) electrons. The molecule has 1 saturated heterocycles. The Labute approximate surface area is 261 Å². The Hall–Kier alpha value is -3.78. The van der Waals surface area contributed by atoms with Crippen LogP contribution in [0.3, 0.4) is 0 Å². The number of aromatic nitrogens is 1. The van der Waals surface area contributed by atoms with Gasteiger partial charge in [-0.1, -0.05) is 17.4 Å². The van der Waals surface area contributed by atoms with E-state index in [2.05, 4.69) is 19.8 Å². The third kappa shape index (κ3) is 7.42. The molecule has 1 fully saturated rings. The number of methoxy groups -OCH3 is 3. The van der Waals surface area contributed by atoms with Crippen molar-refractivity contribution < 1.29 is 27.4 Å². The predicted molar refractivity (Wildman–Crippen MR) is 171 cm³/mol. The van der Waals surface area contributed by atoms with Crippen LogP contribution in [0.4, 0.5) is 10.8 Å². The van der Waals surface area contributed by atoms with Gasteiger partial charge in [-0.3, -0.25) is 14.4 Å². The minimum atomic E-state index is -3.81. The first-order valence-corrected chi connectivity index (χ1v) is 15.6. The lowest BCUT2D eigenvalue weighted by molar-refractivity contribution is 0.0947. The Morgan fingerprint density at radius 2 is 1.70 bits per heavy atom. The molecular formula is C29H34ClN5O6S2. The number of amides is 1. The van der Waals surface area contributed by atoms with Gasteiger partial charge in [0.05, 0.1) is 30.9 Å². The molecule has 0 atom stereocenters. The van der Waals surface area contributed by atoms with Gasteiger partial charge in [-0.05, 0) is 54.6 Å². The maximum absolute atomic E-state index is 12.8. The second kappa shape index (κ2) is 14.1. The number of carbonyl (C=O) groups is 1. The summed E-state index contributed by atoms with van der Waals surface area (Å²) in [6.07, 6.45) is 0. The third-order valence-electron chi connectivity index (χ3n) is 6.99. The fourth-order valence-corrected chi connectivity index (χ4v) is 6.78. The van der Waals surface area contributed by atoms with Gasteiger partial charge in [0.1, 0.15) is 11.3 Å². The summed E-state index contributed by atoms with van der Waals surface area (Å²) in [4.78, 5) is 22.3. The lowest BCUT2D eigenvalue weighted by Crippen LogP contribution is -2.48. The molecule has 1 aromatic heterocycles. The standard InChI is InChI=1S/C29H33N5O6S2.ClH/c1-38-22-7-9-23(10-8-22)42(36,37)32-21-6-4-5-20(19-21)28(35)30-13-14-33-15-17-34(18-16-33)29-31-26-25(41-29)12-11-24(39-2)27(26)40-3;/h4-12,19,32H,13-18H2,1-3H3,(H,30,35);1H. The number of thiazole rings is 1. The molecule has 11 nitrogen and oxygen atoms in total. The number of hydrogen-bond donors (Lipinski definition) is 2. The van der Waals surface area contributed by atoms with Gasteiger partial charge in [0.2, 0.25) is 0 Å². The number of rotatable bonds is 11. The SMILES string of the molecule is COc1ccc(S(=O)(=O)Nc2cccc(C(=O)NCCN3CCN(c4nc5c(OC)c(OC)ccc5s4)CC3)c2)cc1.Cl. The molecule has 2 N–H and O–H groups in total. The summed E-state index contributed by atoms with van der Waals surface area (Å²) in [6, 6.07) is 16.4. The van der Waals surface area contributed by atoms with E-state index in [-0.39, 0.29) is 23.2 Å². The lowest BCUT2D eigenvalue weighted by atomic mass is 10.2. The molecule has 0 aliphatic carbocycles. The summed E-state index contributed by atoms with van der Waals surface area (Å²) in [5.41, 5.74) is 1.48. The minimum absolute atomic E-state index is 0. The van der Waals surface area contributed by atoms with Gasteiger partial charge in [0.15, 0.2) is 16.6 Å². The fourth-order valence-electron chi connectivity index (χ4n) is 4.72. The van der Waals surface area contributed by atoms with E-state index in [4.69, 9.17) is 19.2 Å². The van der Waals surface area contributed by atoms with E-state index in [0.29, 0.717) is 41.6 Å². The molecule has 4 aromatic rings. The van der Waals surface area contributed by atoms with Gasteiger partial charge in [-0.25, -0.2) is 13.4 Å². The third-order valence-corrected chi connectivity index (χ3v) is 9.47. The number of fused-ring (bicyclic) bond motifs is 1. The molecule has 1 aliphatic heterocycles. The summed E-state index contributed by atoms with van der Waals surface area (Å²) in [5, 5.41) is 3.89. The Bertz CT molecular complexity index is 1660. The topological polar surface area (TPSA) is 122 Å². The molecule has 5 rings (SSSR count). The van der Waals surface area contributed by atoms with Gasteiger partial charge >= 0.3 is 0 Å². The smallest absolute Gasteiger partial charge is 0.261 e. The molecule has 1 aliphatic rings. The summed E-state index contributed by atoms with van der Waals surface area (Å²) in [6.45, 7) is 4.50. The molecule has 230 valence electrons. The summed E-state index contributed by atoms with van der Waals surface area (Å²) in [7, 11) is 0.936. The summed E-state index contributed by atoms with van der Waals surface area (Å²) >= 11 is 1.63. The number of nitrogens with one attached hydrogen (secondary N) is 2. The molecule has 1 amide bonds. The van der Waals surface area contributed by atoms with Crippen LogP contribution in [0.2, 0.25) is 0 Å². The van der Waals surface area contributed by atoms with E-state index in [0.717, 1.165) is 41.5 Å². The zero-order valence-electron chi connectivity index (χ0n) is 24.0. The molecule has 14 heteroatoms. The van der Waals surface area contributed by atoms with Crippen molar-refractivity contribution in [2.45, 2.75) is 4.90 Å². The molecule has 0 bridgehead atoms. The Morgan fingerprint density at radius 3 is 2.37 bits per heavy atom. The van der Waals surface area contributed by atoms with Crippen LogP contribution >= 0.6 is 23.7 Å². The van der Waals surface area contributed by atoms with Gasteiger partial charge in [-0.15, -0.1) is 12.4 Å². The fraction of sp³-hybridized carbons (Fsp3) is 0.310. The van der Waals surface area contributed by atoms with Crippen LogP contribution in [-0.4, -0.2) is 84.8 Å². The molecule has 2 heterocycles.